The second kappa shape index (κ2) is 7.23. The molecule has 3 aromatic rings. The third-order valence-electron chi connectivity index (χ3n) is 4.95. The van der Waals surface area contributed by atoms with Gasteiger partial charge >= 0.3 is 0 Å². The fraction of sp³-hybridized carbons (Fsp3) is 0.238. The molecule has 1 atom stereocenters. The first kappa shape index (κ1) is 17.3. The van der Waals surface area contributed by atoms with Gasteiger partial charge in [0.05, 0.1) is 37.8 Å². The van der Waals surface area contributed by atoms with E-state index >= 15 is 0 Å². The number of rotatable bonds is 4. The molecule has 0 bridgehead atoms. The van der Waals surface area contributed by atoms with Gasteiger partial charge in [-0.1, -0.05) is 24.3 Å². The highest BCUT2D eigenvalue weighted by atomic mass is 19.1. The first-order valence-electron chi connectivity index (χ1n) is 8.82. The van der Waals surface area contributed by atoms with Gasteiger partial charge < -0.3 is 14.6 Å². The molecule has 0 fully saturated rings. The van der Waals surface area contributed by atoms with Gasteiger partial charge in [-0.2, -0.15) is 0 Å². The van der Waals surface area contributed by atoms with E-state index in [0.717, 1.165) is 22.7 Å². The predicted octanol–water partition coefficient (Wildman–Crippen LogP) is 3.27. The Balaban J connectivity index is 1.58. The molecule has 5 nitrogen and oxygen atoms in total. The maximum absolute atomic E-state index is 13.4. The summed E-state index contributed by atoms with van der Waals surface area (Å²) in [6.45, 7) is 1.02. The molecule has 1 unspecified atom stereocenters. The Labute approximate surface area is 156 Å². The van der Waals surface area contributed by atoms with Crippen molar-refractivity contribution in [2.24, 2.45) is 0 Å². The van der Waals surface area contributed by atoms with E-state index in [4.69, 9.17) is 4.74 Å². The molecule has 0 saturated carbocycles. The number of amides is 1. The van der Waals surface area contributed by atoms with E-state index in [1.54, 1.807) is 30.5 Å². The maximum atomic E-state index is 13.4. The van der Waals surface area contributed by atoms with Gasteiger partial charge in [0, 0.05) is 12.5 Å². The predicted molar refractivity (Wildman–Crippen MR) is 98.9 cm³/mol. The molecular formula is C21H20FN3O2. The third kappa shape index (κ3) is 3.56. The van der Waals surface area contributed by atoms with Crippen LogP contribution >= 0.6 is 0 Å². The van der Waals surface area contributed by atoms with E-state index in [9.17, 15) is 9.18 Å². The molecule has 0 saturated heterocycles. The lowest BCUT2D eigenvalue weighted by Crippen LogP contribution is -2.39. The summed E-state index contributed by atoms with van der Waals surface area (Å²) in [7, 11) is 1.63. The lowest BCUT2D eigenvalue weighted by Gasteiger charge is -2.32. The number of benzene rings is 2. The molecule has 4 rings (SSSR count). The molecule has 1 aromatic heterocycles. The van der Waals surface area contributed by atoms with Crippen LogP contribution in [0.4, 0.5) is 4.39 Å². The summed E-state index contributed by atoms with van der Waals surface area (Å²) in [5, 5.41) is 0. The first-order valence-corrected chi connectivity index (χ1v) is 8.82. The summed E-state index contributed by atoms with van der Waals surface area (Å²) in [6, 6.07) is 14.0. The average Bonchev–Trinajstić information content (AvgIpc) is 3.16. The minimum atomic E-state index is -0.328. The van der Waals surface area contributed by atoms with Gasteiger partial charge in [-0.3, -0.25) is 4.79 Å². The van der Waals surface area contributed by atoms with Crippen molar-refractivity contribution in [3.8, 4) is 5.75 Å². The molecule has 1 amide bonds. The number of carbonyl (C=O) groups is 1. The smallest absolute Gasteiger partial charge is 0.227 e. The zero-order valence-electron chi connectivity index (χ0n) is 15.0. The number of nitrogens with one attached hydrogen (secondary N) is 1. The standard InChI is InChI=1S/C21H20FN3O2/c1-27-17-7-5-15(6-8-17)18-11-25(12-19-21(18)24-13-23-19)20(26)10-14-3-2-4-16(22)9-14/h2-9,13,18H,10-12H2,1H3,(H,23,24). The Kier molecular flexibility index (Phi) is 4.62. The Morgan fingerprint density at radius 1 is 1.30 bits per heavy atom. The molecule has 2 heterocycles. The highest BCUT2D eigenvalue weighted by Gasteiger charge is 2.31. The quantitative estimate of drug-likeness (QED) is 0.772. The number of aromatic amines is 1. The van der Waals surface area contributed by atoms with Crippen LogP contribution in [-0.4, -0.2) is 34.4 Å². The average molecular weight is 365 g/mol. The van der Waals surface area contributed by atoms with Crippen LogP contribution in [0.5, 0.6) is 5.75 Å². The van der Waals surface area contributed by atoms with E-state index in [1.165, 1.54) is 12.1 Å². The fourth-order valence-electron chi connectivity index (χ4n) is 3.54. The molecule has 138 valence electrons. The van der Waals surface area contributed by atoms with E-state index in [-0.39, 0.29) is 24.1 Å². The third-order valence-corrected chi connectivity index (χ3v) is 4.95. The van der Waals surface area contributed by atoms with Crippen LogP contribution in [0.2, 0.25) is 0 Å². The van der Waals surface area contributed by atoms with Gasteiger partial charge in [0.25, 0.3) is 0 Å². The maximum Gasteiger partial charge on any atom is 0.227 e. The molecular weight excluding hydrogens is 345 g/mol. The van der Waals surface area contributed by atoms with Crippen LogP contribution in [0.3, 0.4) is 0 Å². The lowest BCUT2D eigenvalue weighted by molar-refractivity contribution is -0.131. The van der Waals surface area contributed by atoms with Crippen molar-refractivity contribution >= 4 is 5.91 Å². The summed E-state index contributed by atoms with van der Waals surface area (Å²) >= 11 is 0. The number of halogens is 1. The number of hydrogen-bond acceptors (Lipinski definition) is 3. The van der Waals surface area contributed by atoms with Crippen molar-refractivity contribution in [1.82, 2.24) is 14.9 Å². The number of imidazole rings is 1. The number of hydrogen-bond donors (Lipinski definition) is 1. The van der Waals surface area contributed by atoms with Gasteiger partial charge in [0.15, 0.2) is 0 Å². The molecule has 6 heteroatoms. The largest absolute Gasteiger partial charge is 0.497 e. The van der Waals surface area contributed by atoms with Crippen molar-refractivity contribution < 1.29 is 13.9 Å². The zero-order chi connectivity index (χ0) is 18.8. The van der Waals surface area contributed by atoms with E-state index in [2.05, 4.69) is 9.97 Å². The van der Waals surface area contributed by atoms with Gasteiger partial charge in [-0.15, -0.1) is 0 Å². The van der Waals surface area contributed by atoms with Gasteiger partial charge in [0.1, 0.15) is 11.6 Å². The van der Waals surface area contributed by atoms with Crippen molar-refractivity contribution in [2.75, 3.05) is 13.7 Å². The Hall–Kier alpha value is -3.15. The van der Waals surface area contributed by atoms with E-state index in [1.807, 2.05) is 24.3 Å². The normalized spacial score (nSPS) is 16.1. The number of H-pyrrole nitrogens is 1. The molecule has 0 aliphatic carbocycles. The van der Waals surface area contributed by atoms with Crippen LogP contribution in [0.1, 0.15) is 28.4 Å². The topological polar surface area (TPSA) is 58.2 Å². The number of nitrogens with zero attached hydrogens (tertiary/aromatic N) is 2. The number of methoxy groups -OCH3 is 1. The van der Waals surface area contributed by atoms with Crippen molar-refractivity contribution in [1.29, 1.82) is 0 Å². The lowest BCUT2D eigenvalue weighted by atomic mass is 9.90. The van der Waals surface area contributed by atoms with Gasteiger partial charge in [-0.25, -0.2) is 9.37 Å². The summed E-state index contributed by atoms with van der Waals surface area (Å²) in [5.74, 6) is 0.420. The summed E-state index contributed by atoms with van der Waals surface area (Å²) < 4.78 is 18.6. The Morgan fingerprint density at radius 3 is 2.85 bits per heavy atom. The molecule has 1 aliphatic rings. The number of carbonyl (C=O) groups excluding carboxylic acids is 1. The highest BCUT2D eigenvalue weighted by Crippen LogP contribution is 2.32. The fourth-order valence-corrected chi connectivity index (χ4v) is 3.54. The van der Waals surface area contributed by atoms with Crippen LogP contribution in [0, 0.1) is 5.82 Å². The number of fused-ring (bicyclic) bond motifs is 1. The summed E-state index contributed by atoms with van der Waals surface area (Å²) in [5.41, 5.74) is 3.66. The van der Waals surface area contributed by atoms with Crippen molar-refractivity contribution in [3.63, 3.8) is 0 Å². The van der Waals surface area contributed by atoms with Crippen LogP contribution in [-0.2, 0) is 17.8 Å². The molecule has 0 spiro atoms. The van der Waals surface area contributed by atoms with Crippen molar-refractivity contribution in [3.05, 3.63) is 83.2 Å². The zero-order valence-corrected chi connectivity index (χ0v) is 15.0. The number of aromatic nitrogens is 2. The monoisotopic (exact) mass is 365 g/mol. The Morgan fingerprint density at radius 2 is 2.11 bits per heavy atom. The highest BCUT2D eigenvalue weighted by molar-refractivity contribution is 5.79. The first-order chi connectivity index (χ1) is 13.1. The van der Waals surface area contributed by atoms with Gasteiger partial charge in [-0.05, 0) is 35.4 Å². The van der Waals surface area contributed by atoms with Crippen molar-refractivity contribution in [2.45, 2.75) is 18.9 Å². The SMILES string of the molecule is COc1ccc(C2CN(C(=O)Cc3cccc(F)c3)Cc3[nH]cnc32)cc1. The Bertz CT molecular complexity index is 952. The molecule has 27 heavy (non-hydrogen) atoms. The minimum absolute atomic E-state index is 0.0117. The van der Waals surface area contributed by atoms with E-state index in [0.29, 0.717) is 18.7 Å². The van der Waals surface area contributed by atoms with Crippen LogP contribution in [0.15, 0.2) is 54.9 Å². The van der Waals surface area contributed by atoms with Crippen LogP contribution < -0.4 is 4.74 Å². The molecule has 1 N–H and O–H groups in total. The van der Waals surface area contributed by atoms with Crippen LogP contribution in [0.25, 0.3) is 0 Å². The molecule has 0 radical (unpaired) electrons. The molecule has 2 aromatic carbocycles. The second-order valence-electron chi connectivity index (χ2n) is 6.67. The number of ether oxygens (including phenoxy) is 1. The second-order valence-corrected chi connectivity index (χ2v) is 6.67. The molecule has 1 aliphatic heterocycles. The van der Waals surface area contributed by atoms with Gasteiger partial charge in [0.2, 0.25) is 5.91 Å². The van der Waals surface area contributed by atoms with E-state index < -0.39 is 0 Å². The minimum Gasteiger partial charge on any atom is -0.497 e. The summed E-state index contributed by atoms with van der Waals surface area (Å²) in [6.07, 6.45) is 1.85. The summed E-state index contributed by atoms with van der Waals surface area (Å²) in [4.78, 5) is 22.3.